The molecule has 1 rings (SSSR count). The average molecular weight is 241 g/mol. The van der Waals surface area contributed by atoms with E-state index in [2.05, 4.69) is 20.9 Å². The number of nitrogens with one attached hydrogen (secondary N) is 2. The molecule has 0 bridgehead atoms. The van der Waals surface area contributed by atoms with Gasteiger partial charge in [0, 0.05) is 19.9 Å². The molecule has 0 aliphatic rings. The summed E-state index contributed by atoms with van der Waals surface area (Å²) in [6.45, 7) is 3.14. The highest BCUT2D eigenvalue weighted by Gasteiger charge is 1.96. The highest BCUT2D eigenvalue weighted by molar-refractivity contribution is 5.77. The van der Waals surface area contributed by atoms with E-state index in [-0.39, 0.29) is 5.91 Å². The molecular formula is C10H19N5O2. The van der Waals surface area contributed by atoms with E-state index in [0.29, 0.717) is 26.3 Å². The third-order valence-corrected chi connectivity index (χ3v) is 2.14. The van der Waals surface area contributed by atoms with Gasteiger partial charge in [-0.3, -0.25) is 9.48 Å². The van der Waals surface area contributed by atoms with Crippen LogP contribution in [0, 0.1) is 0 Å². The molecule has 7 heteroatoms. The Labute approximate surface area is 101 Å². The minimum absolute atomic E-state index is 0.00268. The molecule has 2 N–H and O–H groups in total. The van der Waals surface area contributed by atoms with Crippen LogP contribution >= 0.6 is 0 Å². The molecule has 0 saturated heterocycles. The molecule has 7 nitrogen and oxygen atoms in total. The van der Waals surface area contributed by atoms with Gasteiger partial charge in [-0.1, -0.05) is 5.21 Å². The zero-order chi connectivity index (χ0) is 12.3. The number of amides is 1. The van der Waals surface area contributed by atoms with Gasteiger partial charge in [0.15, 0.2) is 0 Å². The lowest BCUT2D eigenvalue weighted by atomic mass is 10.4. The van der Waals surface area contributed by atoms with Crippen molar-refractivity contribution in [2.45, 2.75) is 13.0 Å². The van der Waals surface area contributed by atoms with Crippen molar-refractivity contribution < 1.29 is 9.53 Å². The van der Waals surface area contributed by atoms with Gasteiger partial charge in [0.2, 0.25) is 5.91 Å². The van der Waals surface area contributed by atoms with E-state index >= 15 is 0 Å². The number of carbonyl (C=O) groups excluding carboxylic acids is 1. The highest BCUT2D eigenvalue weighted by Crippen LogP contribution is 1.85. The summed E-state index contributed by atoms with van der Waals surface area (Å²) in [5.74, 6) is -0.00268. The van der Waals surface area contributed by atoms with E-state index in [4.69, 9.17) is 4.74 Å². The Hall–Kier alpha value is -1.47. The molecule has 0 saturated carbocycles. The smallest absolute Gasteiger partial charge is 0.233 e. The number of ether oxygens (including phenoxy) is 1. The Morgan fingerprint density at radius 3 is 3.06 bits per heavy atom. The molecule has 0 atom stereocenters. The highest BCUT2D eigenvalue weighted by atomic mass is 16.5. The fourth-order valence-corrected chi connectivity index (χ4v) is 1.20. The molecule has 1 aromatic heterocycles. The van der Waals surface area contributed by atoms with E-state index in [0.717, 1.165) is 13.0 Å². The van der Waals surface area contributed by atoms with E-state index in [1.54, 1.807) is 24.1 Å². The summed E-state index contributed by atoms with van der Waals surface area (Å²) in [6.07, 6.45) is 4.32. The van der Waals surface area contributed by atoms with Crippen molar-refractivity contribution in [1.29, 1.82) is 0 Å². The number of nitrogens with zero attached hydrogens (tertiary/aromatic N) is 3. The summed E-state index contributed by atoms with van der Waals surface area (Å²) in [5, 5.41) is 13.1. The van der Waals surface area contributed by atoms with Gasteiger partial charge in [-0.25, -0.2) is 0 Å². The van der Waals surface area contributed by atoms with Crippen LogP contribution in [0.3, 0.4) is 0 Å². The maximum absolute atomic E-state index is 10.9. The number of aromatic nitrogens is 3. The number of rotatable bonds is 9. The lowest BCUT2D eigenvalue weighted by Gasteiger charge is -2.05. The van der Waals surface area contributed by atoms with Gasteiger partial charge in [0.1, 0.15) is 0 Å². The van der Waals surface area contributed by atoms with Gasteiger partial charge in [0.25, 0.3) is 0 Å². The molecule has 1 aromatic rings. The Bertz CT molecular complexity index is 302. The fraction of sp³-hybridized carbons (Fsp3) is 0.700. The Balaban J connectivity index is 1.83. The van der Waals surface area contributed by atoms with E-state index < -0.39 is 0 Å². The summed E-state index contributed by atoms with van der Waals surface area (Å²) in [5.41, 5.74) is 0. The molecule has 0 aliphatic heterocycles. The van der Waals surface area contributed by atoms with Crippen molar-refractivity contribution in [3.05, 3.63) is 12.4 Å². The van der Waals surface area contributed by atoms with Gasteiger partial charge < -0.3 is 15.4 Å². The summed E-state index contributed by atoms with van der Waals surface area (Å²) in [4.78, 5) is 10.9. The van der Waals surface area contributed by atoms with Crippen LogP contribution in [0.25, 0.3) is 0 Å². The van der Waals surface area contributed by atoms with Crippen LogP contribution in [0.2, 0.25) is 0 Å². The topological polar surface area (TPSA) is 81.1 Å². The molecule has 0 spiro atoms. The molecule has 0 aliphatic carbocycles. The Morgan fingerprint density at radius 2 is 2.35 bits per heavy atom. The van der Waals surface area contributed by atoms with Crippen LogP contribution < -0.4 is 10.6 Å². The predicted octanol–water partition coefficient (Wildman–Crippen LogP) is -0.980. The molecule has 1 amide bonds. The summed E-state index contributed by atoms with van der Waals surface area (Å²) in [7, 11) is 1.62. The van der Waals surface area contributed by atoms with E-state index in [1.165, 1.54) is 0 Å². The molecular weight excluding hydrogens is 222 g/mol. The van der Waals surface area contributed by atoms with Crippen LogP contribution in [-0.2, 0) is 16.1 Å². The van der Waals surface area contributed by atoms with Crippen LogP contribution in [0.5, 0.6) is 0 Å². The number of carbonyl (C=O) groups is 1. The Morgan fingerprint density at radius 1 is 1.47 bits per heavy atom. The van der Waals surface area contributed by atoms with Crippen LogP contribution in [0.4, 0.5) is 0 Å². The second-order valence-corrected chi connectivity index (χ2v) is 3.48. The van der Waals surface area contributed by atoms with Gasteiger partial charge in [0.05, 0.1) is 25.9 Å². The summed E-state index contributed by atoms with van der Waals surface area (Å²) >= 11 is 0. The first-order valence-electron chi connectivity index (χ1n) is 5.66. The largest absolute Gasteiger partial charge is 0.379 e. The Kier molecular flexibility index (Phi) is 6.92. The lowest BCUT2D eigenvalue weighted by Crippen LogP contribution is -2.32. The SMILES string of the molecule is CNC(=O)CNCCCOCCn1ccnn1. The maximum Gasteiger partial charge on any atom is 0.233 e. The van der Waals surface area contributed by atoms with Crippen LogP contribution in [-0.4, -0.2) is 54.3 Å². The van der Waals surface area contributed by atoms with E-state index in [1.807, 2.05) is 0 Å². The molecule has 1 heterocycles. The minimum Gasteiger partial charge on any atom is -0.379 e. The van der Waals surface area contributed by atoms with Gasteiger partial charge >= 0.3 is 0 Å². The van der Waals surface area contributed by atoms with E-state index in [9.17, 15) is 4.79 Å². The van der Waals surface area contributed by atoms with Crippen molar-refractivity contribution in [3.8, 4) is 0 Å². The van der Waals surface area contributed by atoms with Crippen molar-refractivity contribution in [2.24, 2.45) is 0 Å². The van der Waals surface area contributed by atoms with Crippen LogP contribution in [0.15, 0.2) is 12.4 Å². The van der Waals surface area contributed by atoms with Crippen molar-refractivity contribution in [3.63, 3.8) is 0 Å². The fourth-order valence-electron chi connectivity index (χ4n) is 1.20. The zero-order valence-electron chi connectivity index (χ0n) is 10.1. The third kappa shape index (κ3) is 6.64. The van der Waals surface area contributed by atoms with Crippen LogP contribution in [0.1, 0.15) is 6.42 Å². The molecule has 0 fully saturated rings. The molecule has 0 aromatic carbocycles. The average Bonchev–Trinajstić information content (AvgIpc) is 2.85. The second kappa shape index (κ2) is 8.66. The minimum atomic E-state index is -0.00268. The zero-order valence-corrected chi connectivity index (χ0v) is 10.1. The normalized spacial score (nSPS) is 10.4. The monoisotopic (exact) mass is 241 g/mol. The molecule has 0 unspecified atom stereocenters. The third-order valence-electron chi connectivity index (χ3n) is 2.14. The van der Waals surface area contributed by atoms with Crippen molar-refractivity contribution in [1.82, 2.24) is 25.6 Å². The standard InChI is InChI=1S/C10H19N5O2/c1-11-10(16)9-12-3-2-7-17-8-6-15-5-4-13-14-15/h4-5,12H,2-3,6-9H2,1H3,(H,11,16). The first-order chi connectivity index (χ1) is 8.33. The summed E-state index contributed by atoms with van der Waals surface area (Å²) in [6, 6.07) is 0. The second-order valence-electron chi connectivity index (χ2n) is 3.48. The van der Waals surface area contributed by atoms with Crippen molar-refractivity contribution >= 4 is 5.91 Å². The summed E-state index contributed by atoms with van der Waals surface area (Å²) < 4.78 is 7.14. The molecule has 96 valence electrons. The number of hydrogen-bond acceptors (Lipinski definition) is 5. The lowest BCUT2D eigenvalue weighted by molar-refractivity contribution is -0.119. The first kappa shape index (κ1) is 13.6. The van der Waals surface area contributed by atoms with Gasteiger partial charge in [-0.2, -0.15) is 0 Å². The van der Waals surface area contributed by atoms with Gasteiger partial charge in [-0.05, 0) is 13.0 Å². The molecule has 17 heavy (non-hydrogen) atoms. The van der Waals surface area contributed by atoms with Crippen molar-refractivity contribution in [2.75, 3.05) is 33.4 Å². The predicted molar refractivity (Wildman–Crippen MR) is 62.4 cm³/mol. The number of likely N-dealkylation sites (N-methyl/N-ethyl adjacent to an activating group) is 1. The number of hydrogen-bond donors (Lipinski definition) is 2. The quantitative estimate of drug-likeness (QED) is 0.543. The molecule has 0 radical (unpaired) electrons. The maximum atomic E-state index is 10.9. The first-order valence-corrected chi connectivity index (χ1v) is 5.66. The van der Waals surface area contributed by atoms with Gasteiger partial charge in [-0.15, -0.1) is 5.10 Å².